The zero-order valence-corrected chi connectivity index (χ0v) is 16.5. The Morgan fingerprint density at radius 3 is 2.29 bits per heavy atom. The van der Waals surface area contributed by atoms with E-state index in [1.807, 2.05) is 6.92 Å². The van der Waals surface area contributed by atoms with Crippen LogP contribution in [0.3, 0.4) is 0 Å². The van der Waals surface area contributed by atoms with Crippen molar-refractivity contribution in [1.82, 2.24) is 9.13 Å². The van der Waals surface area contributed by atoms with Gasteiger partial charge in [0.2, 0.25) is 5.88 Å². The number of hydrogen-bond acceptors (Lipinski definition) is 6. The summed E-state index contributed by atoms with van der Waals surface area (Å²) in [6.07, 6.45) is 0.702. The van der Waals surface area contributed by atoms with Gasteiger partial charge in [0.05, 0.1) is 5.69 Å². The minimum absolute atomic E-state index is 0.0616. The summed E-state index contributed by atoms with van der Waals surface area (Å²) >= 11 is 0. The number of nitrogens with zero attached hydrogens (tertiary/aromatic N) is 3. The Kier molecular flexibility index (Phi) is 7.06. The summed E-state index contributed by atoms with van der Waals surface area (Å²) in [6.45, 7) is 7.76. The van der Waals surface area contributed by atoms with Crippen molar-refractivity contribution >= 4 is 17.7 Å². The van der Waals surface area contributed by atoms with Gasteiger partial charge in [-0.2, -0.15) is 0 Å². The summed E-state index contributed by atoms with van der Waals surface area (Å²) in [4.78, 5) is 41.1. The van der Waals surface area contributed by atoms with E-state index in [-0.39, 0.29) is 24.4 Å². The van der Waals surface area contributed by atoms with Crippen molar-refractivity contribution in [1.29, 1.82) is 0 Å². The van der Waals surface area contributed by atoms with Gasteiger partial charge in [-0.15, -0.1) is 0 Å². The number of rotatable bonds is 8. The fourth-order valence-electron chi connectivity index (χ4n) is 2.80. The van der Waals surface area contributed by atoms with E-state index < -0.39 is 23.2 Å². The van der Waals surface area contributed by atoms with E-state index >= 15 is 0 Å². The Labute approximate surface area is 162 Å². The highest BCUT2D eigenvalue weighted by Crippen LogP contribution is 2.16. The highest BCUT2D eigenvalue weighted by Gasteiger charge is 2.16. The van der Waals surface area contributed by atoms with Crippen molar-refractivity contribution in [3.8, 4) is 5.88 Å². The maximum atomic E-state index is 12.5. The topological polar surface area (TPSA) is 103 Å². The van der Waals surface area contributed by atoms with Crippen LogP contribution in [0.5, 0.6) is 5.88 Å². The van der Waals surface area contributed by atoms with E-state index in [0.29, 0.717) is 17.9 Å². The molecule has 150 valence electrons. The number of carbonyl (C=O) groups is 1. The molecule has 8 nitrogen and oxygen atoms in total. The minimum atomic E-state index is -0.601. The lowest BCUT2D eigenvalue weighted by Crippen LogP contribution is -2.41. The van der Waals surface area contributed by atoms with Crippen LogP contribution < -0.4 is 11.2 Å². The molecule has 0 aliphatic carbocycles. The predicted molar refractivity (Wildman–Crippen MR) is 107 cm³/mol. The van der Waals surface area contributed by atoms with Crippen LogP contribution in [-0.2, 0) is 17.8 Å². The molecule has 0 saturated heterocycles. The Morgan fingerprint density at radius 1 is 1.14 bits per heavy atom. The van der Waals surface area contributed by atoms with Crippen LogP contribution in [0, 0.1) is 0 Å². The van der Waals surface area contributed by atoms with Crippen molar-refractivity contribution in [2.24, 2.45) is 4.99 Å². The zero-order valence-electron chi connectivity index (χ0n) is 16.5. The van der Waals surface area contributed by atoms with Crippen LogP contribution in [0.4, 0.5) is 5.69 Å². The molecular weight excluding hydrogens is 362 g/mol. The molecule has 1 aromatic carbocycles. The number of aromatic hydroxyl groups is 1. The maximum absolute atomic E-state index is 12.5. The second-order valence-corrected chi connectivity index (χ2v) is 6.08. The number of ether oxygens (including phenoxy) is 1. The van der Waals surface area contributed by atoms with Crippen molar-refractivity contribution in [2.75, 3.05) is 6.61 Å². The Hall–Kier alpha value is -3.00. The summed E-state index contributed by atoms with van der Waals surface area (Å²) in [5.41, 5.74) is -0.229. The number of ketones is 1. The molecule has 1 aromatic heterocycles. The number of benzene rings is 1. The molecule has 28 heavy (non-hydrogen) atoms. The first kappa shape index (κ1) is 21.3. The number of aliphatic imine (C=N–C) groups is 1. The first-order valence-electron chi connectivity index (χ1n) is 9.22. The standard InChI is InChI=1S/C20H25N3O5/c1-5-22-18(25)16(19(26)23(6-2)20(22)27)12-21-15-10-8-14(9-11-15)17(24)13(4)28-7-3/h8-13,25H,5-7H2,1-4H3. The highest BCUT2D eigenvalue weighted by molar-refractivity contribution is 5.99. The van der Waals surface area contributed by atoms with Crippen LogP contribution in [0.25, 0.3) is 0 Å². The number of aromatic nitrogens is 2. The van der Waals surface area contributed by atoms with Crippen LogP contribution in [0.1, 0.15) is 43.6 Å². The third kappa shape index (κ3) is 4.28. The fourth-order valence-corrected chi connectivity index (χ4v) is 2.80. The molecule has 0 aliphatic heterocycles. The molecule has 0 amide bonds. The van der Waals surface area contributed by atoms with Crippen LogP contribution in [0.2, 0.25) is 0 Å². The Balaban J connectivity index is 2.35. The molecule has 0 fully saturated rings. The molecule has 0 aliphatic rings. The average Bonchev–Trinajstić information content (AvgIpc) is 2.68. The number of hydrogen-bond donors (Lipinski definition) is 1. The SMILES string of the molecule is CCOC(C)C(=O)c1ccc(N=Cc2c(O)n(CC)c(=O)n(CC)c2=O)cc1. The van der Waals surface area contributed by atoms with Crippen LogP contribution >= 0.6 is 0 Å². The van der Waals surface area contributed by atoms with Gasteiger partial charge < -0.3 is 9.84 Å². The predicted octanol–water partition coefficient (Wildman–Crippen LogP) is 2.11. The molecule has 2 rings (SSSR count). The van der Waals surface area contributed by atoms with Gasteiger partial charge >= 0.3 is 5.69 Å². The Bertz CT molecular complexity index is 987. The van der Waals surface area contributed by atoms with Crippen molar-refractivity contribution in [2.45, 2.75) is 46.9 Å². The number of Topliss-reactive ketones (excluding diaryl/α,β-unsaturated/α-hetero) is 1. The second-order valence-electron chi connectivity index (χ2n) is 6.08. The average molecular weight is 387 g/mol. The largest absolute Gasteiger partial charge is 0.494 e. The van der Waals surface area contributed by atoms with Gasteiger partial charge in [0, 0.05) is 31.5 Å². The first-order valence-corrected chi connectivity index (χ1v) is 9.22. The molecule has 0 saturated carbocycles. The van der Waals surface area contributed by atoms with Crippen molar-refractivity contribution in [3.05, 3.63) is 56.2 Å². The molecule has 0 radical (unpaired) electrons. The summed E-state index contributed by atoms with van der Waals surface area (Å²) in [6, 6.07) is 6.52. The van der Waals surface area contributed by atoms with E-state index in [0.717, 1.165) is 9.13 Å². The normalized spacial score (nSPS) is 12.4. The number of carbonyl (C=O) groups excluding carboxylic acids is 1. The minimum Gasteiger partial charge on any atom is -0.494 e. The van der Waals surface area contributed by atoms with Crippen LogP contribution in [-0.4, -0.2) is 38.9 Å². The highest BCUT2D eigenvalue weighted by atomic mass is 16.5. The van der Waals surface area contributed by atoms with E-state index in [1.165, 1.54) is 6.21 Å². The molecule has 1 unspecified atom stereocenters. The molecule has 1 atom stereocenters. The lowest BCUT2D eigenvalue weighted by atomic mass is 10.1. The molecule has 0 bridgehead atoms. The monoisotopic (exact) mass is 387 g/mol. The molecule has 1 heterocycles. The van der Waals surface area contributed by atoms with Gasteiger partial charge in [-0.1, -0.05) is 0 Å². The van der Waals surface area contributed by atoms with Gasteiger partial charge in [0.25, 0.3) is 5.56 Å². The van der Waals surface area contributed by atoms with Crippen LogP contribution in [0.15, 0.2) is 38.8 Å². The molecule has 8 heteroatoms. The lowest BCUT2D eigenvalue weighted by molar-refractivity contribution is 0.0520. The summed E-state index contributed by atoms with van der Waals surface area (Å²) in [7, 11) is 0. The van der Waals surface area contributed by atoms with Gasteiger partial charge in [0.1, 0.15) is 11.7 Å². The quantitative estimate of drug-likeness (QED) is 0.552. The van der Waals surface area contributed by atoms with Gasteiger partial charge in [-0.3, -0.25) is 23.7 Å². The van der Waals surface area contributed by atoms with Crippen molar-refractivity contribution in [3.63, 3.8) is 0 Å². The summed E-state index contributed by atoms with van der Waals surface area (Å²) in [5, 5.41) is 10.3. The van der Waals surface area contributed by atoms with E-state index in [4.69, 9.17) is 4.74 Å². The van der Waals surface area contributed by atoms with E-state index in [9.17, 15) is 19.5 Å². The third-order valence-electron chi connectivity index (χ3n) is 4.35. The second kappa shape index (κ2) is 9.27. The van der Waals surface area contributed by atoms with Gasteiger partial charge in [-0.05, 0) is 52.0 Å². The van der Waals surface area contributed by atoms with Crippen molar-refractivity contribution < 1.29 is 14.6 Å². The summed E-state index contributed by atoms with van der Waals surface area (Å²) < 4.78 is 7.46. The zero-order chi connectivity index (χ0) is 20.8. The molecule has 0 spiro atoms. The summed E-state index contributed by atoms with van der Waals surface area (Å²) in [5.74, 6) is -0.542. The van der Waals surface area contributed by atoms with E-state index in [1.54, 1.807) is 45.0 Å². The molecular formula is C20H25N3O5. The van der Waals surface area contributed by atoms with Gasteiger partial charge in [-0.25, -0.2) is 4.79 Å². The lowest BCUT2D eigenvalue weighted by Gasteiger charge is -2.11. The Morgan fingerprint density at radius 2 is 1.75 bits per heavy atom. The fraction of sp³-hybridized carbons (Fsp3) is 0.400. The van der Waals surface area contributed by atoms with E-state index in [2.05, 4.69) is 4.99 Å². The first-order chi connectivity index (χ1) is 13.3. The van der Waals surface area contributed by atoms with Gasteiger partial charge in [0.15, 0.2) is 5.78 Å². The molecule has 2 aromatic rings. The smallest absolute Gasteiger partial charge is 0.333 e. The molecule has 1 N–H and O–H groups in total. The third-order valence-corrected chi connectivity index (χ3v) is 4.35. The maximum Gasteiger partial charge on any atom is 0.333 e.